The van der Waals surface area contributed by atoms with Gasteiger partial charge in [-0.15, -0.1) is 4.40 Å². The summed E-state index contributed by atoms with van der Waals surface area (Å²) in [5, 5.41) is 0. The summed E-state index contributed by atoms with van der Waals surface area (Å²) in [7, 11) is -3.85. The molecule has 0 saturated heterocycles. The van der Waals surface area contributed by atoms with Gasteiger partial charge in [-0.2, -0.15) is 8.42 Å². The quantitative estimate of drug-likeness (QED) is 0.906. The molecular formula is C15H17N3O3S. The standard InChI is InChI=1S/C15H17N3O3S/c1-11-6-8-13(9-7-11)22(20,21)17-15-5-3-4-12(2)18(15)10-14(16)19/h3-9H,10H2,1-2H3,(H2,16,19)/b17-15-. The van der Waals surface area contributed by atoms with Gasteiger partial charge in [-0.1, -0.05) is 23.8 Å². The van der Waals surface area contributed by atoms with Crippen molar-refractivity contribution in [1.29, 1.82) is 0 Å². The van der Waals surface area contributed by atoms with Gasteiger partial charge < -0.3 is 10.3 Å². The summed E-state index contributed by atoms with van der Waals surface area (Å²) in [6.07, 6.45) is 0. The molecule has 0 aliphatic carbocycles. The molecule has 1 aromatic carbocycles. The first kappa shape index (κ1) is 16.0. The molecule has 0 aliphatic heterocycles. The third kappa shape index (κ3) is 3.62. The number of nitrogens with zero attached hydrogens (tertiary/aromatic N) is 2. The van der Waals surface area contributed by atoms with E-state index in [1.165, 1.54) is 22.8 Å². The van der Waals surface area contributed by atoms with E-state index < -0.39 is 15.9 Å². The van der Waals surface area contributed by atoms with Crippen molar-refractivity contribution in [2.24, 2.45) is 10.1 Å². The molecule has 0 spiro atoms. The van der Waals surface area contributed by atoms with Crippen LogP contribution in [0.4, 0.5) is 0 Å². The molecule has 1 heterocycles. The van der Waals surface area contributed by atoms with Crippen LogP contribution in [0.3, 0.4) is 0 Å². The lowest BCUT2D eigenvalue weighted by molar-refractivity contribution is -0.118. The number of nitrogens with two attached hydrogens (primary N) is 1. The Hall–Kier alpha value is -2.41. The van der Waals surface area contributed by atoms with Crippen LogP contribution in [0.1, 0.15) is 11.3 Å². The fourth-order valence-corrected chi connectivity index (χ4v) is 2.95. The van der Waals surface area contributed by atoms with Crippen LogP contribution in [0.2, 0.25) is 0 Å². The van der Waals surface area contributed by atoms with Gasteiger partial charge in [0.15, 0.2) is 0 Å². The van der Waals surface area contributed by atoms with E-state index in [0.717, 1.165) is 5.56 Å². The number of rotatable bonds is 4. The van der Waals surface area contributed by atoms with Crippen molar-refractivity contribution in [3.05, 3.63) is 59.2 Å². The Morgan fingerprint density at radius 1 is 1.14 bits per heavy atom. The third-order valence-electron chi connectivity index (χ3n) is 3.13. The molecule has 2 rings (SSSR count). The molecule has 116 valence electrons. The highest BCUT2D eigenvalue weighted by Crippen LogP contribution is 2.12. The number of sulfonamides is 1. The van der Waals surface area contributed by atoms with E-state index in [1.807, 2.05) is 6.92 Å². The minimum Gasteiger partial charge on any atom is -0.368 e. The number of primary amides is 1. The van der Waals surface area contributed by atoms with Crippen LogP contribution in [-0.2, 0) is 21.4 Å². The minimum atomic E-state index is -3.85. The van der Waals surface area contributed by atoms with E-state index in [2.05, 4.69) is 4.40 Å². The molecule has 2 N–H and O–H groups in total. The van der Waals surface area contributed by atoms with Crippen LogP contribution in [-0.4, -0.2) is 18.9 Å². The van der Waals surface area contributed by atoms with Gasteiger partial charge in [-0.3, -0.25) is 4.79 Å². The first-order valence-electron chi connectivity index (χ1n) is 6.62. The Morgan fingerprint density at radius 2 is 1.77 bits per heavy atom. The van der Waals surface area contributed by atoms with E-state index in [-0.39, 0.29) is 16.9 Å². The molecule has 1 amide bonds. The van der Waals surface area contributed by atoms with Gasteiger partial charge in [0.2, 0.25) is 5.91 Å². The highest BCUT2D eigenvalue weighted by molar-refractivity contribution is 7.90. The first-order valence-corrected chi connectivity index (χ1v) is 8.06. The first-order chi connectivity index (χ1) is 10.3. The molecule has 7 heteroatoms. The molecule has 22 heavy (non-hydrogen) atoms. The van der Waals surface area contributed by atoms with Gasteiger partial charge in [-0.05, 0) is 38.1 Å². The number of benzene rings is 1. The summed E-state index contributed by atoms with van der Waals surface area (Å²) >= 11 is 0. The monoisotopic (exact) mass is 319 g/mol. The maximum absolute atomic E-state index is 12.4. The van der Waals surface area contributed by atoms with E-state index in [9.17, 15) is 13.2 Å². The molecule has 0 aliphatic rings. The maximum atomic E-state index is 12.4. The summed E-state index contributed by atoms with van der Waals surface area (Å²) in [6, 6.07) is 11.4. The summed E-state index contributed by atoms with van der Waals surface area (Å²) in [4.78, 5) is 11.3. The second kappa shape index (κ2) is 6.15. The van der Waals surface area contributed by atoms with Crippen molar-refractivity contribution in [1.82, 2.24) is 4.57 Å². The van der Waals surface area contributed by atoms with Gasteiger partial charge in [-0.25, -0.2) is 0 Å². The predicted molar refractivity (Wildman–Crippen MR) is 82.3 cm³/mol. The maximum Gasteiger partial charge on any atom is 0.284 e. The second-order valence-electron chi connectivity index (χ2n) is 4.96. The minimum absolute atomic E-state index is 0.102. The molecule has 0 bridgehead atoms. The number of aromatic nitrogens is 1. The summed E-state index contributed by atoms with van der Waals surface area (Å²) < 4.78 is 30.0. The van der Waals surface area contributed by atoms with Crippen molar-refractivity contribution in [2.45, 2.75) is 25.3 Å². The normalized spacial score (nSPS) is 12.4. The average molecular weight is 319 g/mol. The van der Waals surface area contributed by atoms with Crippen molar-refractivity contribution < 1.29 is 13.2 Å². The number of carbonyl (C=O) groups is 1. The van der Waals surface area contributed by atoms with E-state index >= 15 is 0 Å². The number of aryl methyl sites for hydroxylation is 2. The largest absolute Gasteiger partial charge is 0.368 e. The van der Waals surface area contributed by atoms with Gasteiger partial charge in [0.25, 0.3) is 10.0 Å². The SMILES string of the molecule is Cc1ccc(S(=O)(=O)/N=c2/cccc(C)n2CC(N)=O)cc1. The van der Waals surface area contributed by atoms with Crippen molar-refractivity contribution in [2.75, 3.05) is 0 Å². The predicted octanol–water partition coefficient (Wildman–Crippen LogP) is 0.880. The lowest BCUT2D eigenvalue weighted by Crippen LogP contribution is -2.30. The Bertz CT molecular complexity index is 866. The molecule has 0 saturated carbocycles. The van der Waals surface area contributed by atoms with Gasteiger partial charge in [0.1, 0.15) is 12.0 Å². The molecule has 2 aromatic rings. The Balaban J connectivity index is 2.59. The molecule has 0 fully saturated rings. The number of pyridine rings is 1. The second-order valence-corrected chi connectivity index (χ2v) is 6.56. The smallest absolute Gasteiger partial charge is 0.284 e. The number of hydrogen-bond acceptors (Lipinski definition) is 3. The zero-order valence-electron chi connectivity index (χ0n) is 12.4. The third-order valence-corrected chi connectivity index (χ3v) is 4.43. The number of amides is 1. The van der Waals surface area contributed by atoms with E-state index in [0.29, 0.717) is 5.69 Å². The summed E-state index contributed by atoms with van der Waals surface area (Å²) in [6.45, 7) is 3.49. The van der Waals surface area contributed by atoms with E-state index in [4.69, 9.17) is 5.73 Å². The fourth-order valence-electron chi connectivity index (χ4n) is 1.96. The van der Waals surface area contributed by atoms with Crippen LogP contribution in [0.5, 0.6) is 0 Å². The Morgan fingerprint density at radius 3 is 2.36 bits per heavy atom. The molecule has 6 nitrogen and oxygen atoms in total. The van der Waals surface area contributed by atoms with Crippen molar-refractivity contribution >= 4 is 15.9 Å². The van der Waals surface area contributed by atoms with Gasteiger partial charge in [0, 0.05) is 5.69 Å². The lowest BCUT2D eigenvalue weighted by Gasteiger charge is -2.09. The van der Waals surface area contributed by atoms with Gasteiger partial charge >= 0.3 is 0 Å². The summed E-state index contributed by atoms with van der Waals surface area (Å²) in [5.74, 6) is -0.566. The summed E-state index contributed by atoms with van der Waals surface area (Å²) in [5.41, 5.74) is 7.02. The molecule has 0 unspecified atom stereocenters. The highest BCUT2D eigenvalue weighted by Gasteiger charge is 2.13. The molecular weight excluding hydrogens is 302 g/mol. The molecule has 0 atom stereocenters. The van der Waals surface area contributed by atoms with Crippen LogP contribution < -0.4 is 11.2 Å². The molecule has 1 aromatic heterocycles. The zero-order valence-corrected chi connectivity index (χ0v) is 13.2. The average Bonchev–Trinajstić information content (AvgIpc) is 2.42. The van der Waals surface area contributed by atoms with E-state index in [1.54, 1.807) is 31.2 Å². The van der Waals surface area contributed by atoms with Crippen molar-refractivity contribution in [3.8, 4) is 0 Å². The number of hydrogen-bond donors (Lipinski definition) is 1. The lowest BCUT2D eigenvalue weighted by atomic mass is 10.2. The van der Waals surface area contributed by atoms with Gasteiger partial charge in [0.05, 0.1) is 4.90 Å². The fraction of sp³-hybridized carbons (Fsp3) is 0.200. The molecule has 0 radical (unpaired) electrons. The van der Waals surface area contributed by atoms with Crippen molar-refractivity contribution in [3.63, 3.8) is 0 Å². The van der Waals surface area contributed by atoms with Crippen LogP contribution in [0, 0.1) is 13.8 Å². The topological polar surface area (TPSA) is 94.5 Å². The number of carbonyl (C=O) groups excluding carboxylic acids is 1. The van der Waals surface area contributed by atoms with Crippen LogP contribution in [0.25, 0.3) is 0 Å². The Kier molecular flexibility index (Phi) is 4.46. The van der Waals surface area contributed by atoms with Crippen LogP contribution in [0.15, 0.2) is 51.8 Å². The highest BCUT2D eigenvalue weighted by atomic mass is 32.2. The Labute approximate surface area is 129 Å². The van der Waals surface area contributed by atoms with Crippen LogP contribution >= 0.6 is 0 Å². The zero-order chi connectivity index (χ0) is 16.3.